The molecule has 0 saturated heterocycles. The molecule has 5 nitrogen and oxygen atoms in total. The number of alkyl halides is 2. The molecular weight excluding hydrogens is 294 g/mol. The summed E-state index contributed by atoms with van der Waals surface area (Å²) in [6.07, 6.45) is -1.18. The summed E-state index contributed by atoms with van der Waals surface area (Å²) in [6.45, 7) is 2.73. The molecule has 0 aliphatic carbocycles. The second kappa shape index (κ2) is 8.53. The summed E-state index contributed by atoms with van der Waals surface area (Å²) < 4.78 is 29.4. The first kappa shape index (κ1) is 18.2. The van der Waals surface area contributed by atoms with Gasteiger partial charge in [-0.15, -0.1) is 0 Å². The van der Waals surface area contributed by atoms with Crippen LogP contribution in [-0.4, -0.2) is 36.3 Å². The highest BCUT2D eigenvalue weighted by Crippen LogP contribution is 2.24. The van der Waals surface area contributed by atoms with Crippen LogP contribution in [0.4, 0.5) is 19.3 Å². The largest absolute Gasteiger partial charge is 0.485 e. The Labute approximate surface area is 128 Å². The normalized spacial score (nSPS) is 13.5. The van der Waals surface area contributed by atoms with Crippen LogP contribution in [0.1, 0.15) is 26.7 Å². The number of ether oxygens (including phenoxy) is 1. The average Bonchev–Trinajstić information content (AvgIpc) is 2.46. The van der Waals surface area contributed by atoms with E-state index in [0.29, 0.717) is 6.42 Å². The number of aliphatic hydroxyl groups excluding tert-OH is 1. The predicted molar refractivity (Wildman–Crippen MR) is 80.5 cm³/mol. The zero-order chi connectivity index (χ0) is 16.6. The van der Waals surface area contributed by atoms with E-state index >= 15 is 0 Å². The van der Waals surface area contributed by atoms with E-state index in [1.54, 1.807) is 25.1 Å². The Morgan fingerprint density at radius 3 is 2.68 bits per heavy atom. The Kier molecular flexibility index (Phi) is 7.04. The SMILES string of the molecule is CCCC(C)(CO)NC(=O)Nc1ccccc1OCC(F)F. The number of halogens is 2. The van der Waals surface area contributed by atoms with Gasteiger partial charge in [-0.05, 0) is 25.5 Å². The number of carbonyl (C=O) groups excluding carboxylic acids is 1. The maximum atomic E-state index is 12.2. The Balaban J connectivity index is 2.71. The number of benzene rings is 1. The summed E-state index contributed by atoms with van der Waals surface area (Å²) in [6, 6.07) is 5.80. The second-order valence-electron chi connectivity index (χ2n) is 5.25. The zero-order valence-electron chi connectivity index (χ0n) is 12.7. The molecule has 7 heteroatoms. The van der Waals surface area contributed by atoms with E-state index in [2.05, 4.69) is 10.6 Å². The average molecular weight is 316 g/mol. The summed E-state index contributed by atoms with van der Waals surface area (Å²) in [4.78, 5) is 12.0. The summed E-state index contributed by atoms with van der Waals surface area (Å²) in [5, 5.41) is 14.6. The van der Waals surface area contributed by atoms with Crippen molar-refractivity contribution in [3.8, 4) is 5.75 Å². The van der Waals surface area contributed by atoms with E-state index in [1.807, 2.05) is 6.92 Å². The second-order valence-corrected chi connectivity index (χ2v) is 5.25. The molecule has 22 heavy (non-hydrogen) atoms. The minimum Gasteiger partial charge on any atom is -0.485 e. The fourth-order valence-corrected chi connectivity index (χ4v) is 2.01. The first-order valence-electron chi connectivity index (χ1n) is 7.10. The Hall–Kier alpha value is -1.89. The van der Waals surface area contributed by atoms with Crippen molar-refractivity contribution in [3.63, 3.8) is 0 Å². The number of carbonyl (C=O) groups is 1. The molecule has 1 aromatic carbocycles. The number of amides is 2. The quantitative estimate of drug-likeness (QED) is 0.690. The smallest absolute Gasteiger partial charge is 0.319 e. The Morgan fingerprint density at radius 2 is 2.09 bits per heavy atom. The molecule has 0 aliphatic rings. The van der Waals surface area contributed by atoms with E-state index in [1.165, 1.54) is 6.07 Å². The number of hydrogen-bond donors (Lipinski definition) is 3. The zero-order valence-corrected chi connectivity index (χ0v) is 12.7. The van der Waals surface area contributed by atoms with Gasteiger partial charge >= 0.3 is 6.03 Å². The van der Waals surface area contributed by atoms with Crippen molar-refractivity contribution < 1.29 is 23.4 Å². The third-order valence-electron chi connectivity index (χ3n) is 3.07. The van der Waals surface area contributed by atoms with Crippen LogP contribution in [0, 0.1) is 0 Å². The van der Waals surface area contributed by atoms with Crippen LogP contribution in [-0.2, 0) is 0 Å². The van der Waals surface area contributed by atoms with Crippen molar-refractivity contribution in [2.45, 2.75) is 38.7 Å². The number of rotatable bonds is 8. The Morgan fingerprint density at radius 1 is 1.41 bits per heavy atom. The summed E-state index contributed by atoms with van der Waals surface area (Å²) in [7, 11) is 0. The van der Waals surface area contributed by atoms with Crippen molar-refractivity contribution in [2.24, 2.45) is 0 Å². The first-order chi connectivity index (χ1) is 10.4. The van der Waals surface area contributed by atoms with E-state index in [4.69, 9.17) is 4.74 Å². The topological polar surface area (TPSA) is 70.6 Å². The highest BCUT2D eigenvalue weighted by molar-refractivity contribution is 5.91. The summed E-state index contributed by atoms with van der Waals surface area (Å²) >= 11 is 0. The van der Waals surface area contributed by atoms with Crippen LogP contribution in [0.5, 0.6) is 5.75 Å². The molecule has 2 amide bonds. The highest BCUT2D eigenvalue weighted by Gasteiger charge is 2.24. The lowest BCUT2D eigenvalue weighted by atomic mass is 9.98. The van der Waals surface area contributed by atoms with Crippen LogP contribution in [0.3, 0.4) is 0 Å². The molecule has 1 unspecified atom stereocenters. The summed E-state index contributed by atoms with van der Waals surface area (Å²) in [5.41, 5.74) is -0.449. The number of aliphatic hydroxyl groups is 1. The van der Waals surface area contributed by atoms with Crippen molar-refractivity contribution in [2.75, 3.05) is 18.5 Å². The molecular formula is C15H22F2N2O3. The molecule has 1 aromatic rings. The van der Waals surface area contributed by atoms with Crippen molar-refractivity contribution in [1.29, 1.82) is 0 Å². The maximum Gasteiger partial charge on any atom is 0.319 e. The number of anilines is 1. The monoisotopic (exact) mass is 316 g/mol. The first-order valence-corrected chi connectivity index (χ1v) is 7.10. The molecule has 0 saturated carbocycles. The molecule has 0 fully saturated rings. The van der Waals surface area contributed by atoms with Gasteiger partial charge in [0.15, 0.2) is 0 Å². The van der Waals surface area contributed by atoms with Gasteiger partial charge in [-0.2, -0.15) is 0 Å². The fourth-order valence-electron chi connectivity index (χ4n) is 2.01. The van der Waals surface area contributed by atoms with Crippen molar-refractivity contribution in [3.05, 3.63) is 24.3 Å². The van der Waals surface area contributed by atoms with Crippen molar-refractivity contribution >= 4 is 11.7 Å². The summed E-state index contributed by atoms with van der Waals surface area (Å²) in [5.74, 6) is 0.166. The van der Waals surface area contributed by atoms with E-state index in [0.717, 1.165) is 6.42 Å². The third-order valence-corrected chi connectivity index (χ3v) is 3.07. The van der Waals surface area contributed by atoms with Crippen LogP contribution in [0.15, 0.2) is 24.3 Å². The van der Waals surface area contributed by atoms with Crippen LogP contribution >= 0.6 is 0 Å². The van der Waals surface area contributed by atoms with Gasteiger partial charge in [-0.3, -0.25) is 0 Å². The van der Waals surface area contributed by atoms with Crippen LogP contribution in [0.2, 0.25) is 0 Å². The van der Waals surface area contributed by atoms with Gasteiger partial charge in [0.2, 0.25) is 0 Å². The van der Waals surface area contributed by atoms with Crippen molar-refractivity contribution in [1.82, 2.24) is 5.32 Å². The Bertz CT molecular complexity index is 486. The lowest BCUT2D eigenvalue weighted by Crippen LogP contribution is -2.50. The lowest BCUT2D eigenvalue weighted by Gasteiger charge is -2.28. The predicted octanol–water partition coefficient (Wildman–Crippen LogP) is 3.00. The van der Waals surface area contributed by atoms with Gasteiger partial charge in [0.1, 0.15) is 12.4 Å². The molecule has 0 heterocycles. The molecule has 0 spiro atoms. The molecule has 124 valence electrons. The van der Waals surface area contributed by atoms with Gasteiger partial charge in [0.25, 0.3) is 6.43 Å². The van der Waals surface area contributed by atoms with Gasteiger partial charge in [0, 0.05) is 0 Å². The van der Waals surface area contributed by atoms with E-state index in [9.17, 15) is 18.7 Å². The number of hydrogen-bond acceptors (Lipinski definition) is 3. The van der Waals surface area contributed by atoms with Gasteiger partial charge < -0.3 is 20.5 Å². The molecule has 0 aliphatic heterocycles. The number of nitrogens with one attached hydrogen (secondary N) is 2. The van der Waals surface area contributed by atoms with Crippen LogP contribution in [0.25, 0.3) is 0 Å². The molecule has 0 bridgehead atoms. The highest BCUT2D eigenvalue weighted by atomic mass is 19.3. The molecule has 3 N–H and O–H groups in total. The van der Waals surface area contributed by atoms with E-state index in [-0.39, 0.29) is 18.0 Å². The van der Waals surface area contributed by atoms with Gasteiger partial charge in [0.05, 0.1) is 17.8 Å². The van der Waals surface area contributed by atoms with Crippen LogP contribution < -0.4 is 15.4 Å². The number of para-hydroxylation sites is 2. The molecule has 1 rings (SSSR count). The minimum absolute atomic E-state index is 0.166. The minimum atomic E-state index is -2.59. The fraction of sp³-hybridized carbons (Fsp3) is 0.533. The lowest BCUT2D eigenvalue weighted by molar-refractivity contribution is 0.0822. The molecule has 0 radical (unpaired) electrons. The number of urea groups is 1. The van der Waals surface area contributed by atoms with Gasteiger partial charge in [-0.1, -0.05) is 25.5 Å². The van der Waals surface area contributed by atoms with E-state index < -0.39 is 24.6 Å². The van der Waals surface area contributed by atoms with Gasteiger partial charge in [-0.25, -0.2) is 13.6 Å². The molecule has 1 atom stereocenters. The maximum absolute atomic E-state index is 12.2. The molecule has 0 aromatic heterocycles. The standard InChI is InChI=1S/C15H22F2N2O3/c1-3-8-15(2,10-20)19-14(21)18-11-6-4-5-7-12(11)22-9-13(16)17/h4-7,13,20H,3,8-10H2,1-2H3,(H2,18,19,21). The third kappa shape index (κ3) is 5.85.